The van der Waals surface area contributed by atoms with Crippen LogP contribution in [0.15, 0.2) is 18.5 Å². The summed E-state index contributed by atoms with van der Waals surface area (Å²) in [4.78, 5) is 16.3. The molecule has 2 atom stereocenters. The van der Waals surface area contributed by atoms with Crippen LogP contribution in [0, 0.1) is 12.8 Å². The first-order valence-corrected chi connectivity index (χ1v) is 6.55. The number of rotatable bonds is 3. The number of pyridine rings is 1. The largest absolute Gasteiger partial charge is 0.377 e. The van der Waals surface area contributed by atoms with E-state index in [2.05, 4.69) is 17.2 Å². The number of aryl methyl sites for hydroxylation is 1. The zero-order chi connectivity index (χ0) is 13.0. The van der Waals surface area contributed by atoms with Gasteiger partial charge in [0.2, 0.25) is 5.91 Å². The van der Waals surface area contributed by atoms with Crippen molar-refractivity contribution in [1.82, 2.24) is 4.98 Å². The molecule has 2 heterocycles. The summed E-state index contributed by atoms with van der Waals surface area (Å²) in [5, 5.41) is 2.99. The number of amides is 1. The lowest BCUT2D eigenvalue weighted by molar-refractivity contribution is -0.129. The predicted octanol–water partition coefficient (Wildman–Crippen LogP) is 2.53. The fraction of sp³-hybridized carbons (Fsp3) is 0.571. The number of carbonyl (C=O) groups excluding carboxylic acids is 1. The Morgan fingerprint density at radius 2 is 2.44 bits per heavy atom. The molecule has 1 amide bonds. The highest BCUT2D eigenvalue weighted by Crippen LogP contribution is 2.25. The van der Waals surface area contributed by atoms with Gasteiger partial charge in [0, 0.05) is 24.7 Å². The van der Waals surface area contributed by atoms with Gasteiger partial charge in [0.15, 0.2) is 0 Å². The molecule has 2 unspecified atom stereocenters. The maximum Gasteiger partial charge on any atom is 0.230 e. The smallest absolute Gasteiger partial charge is 0.230 e. The van der Waals surface area contributed by atoms with E-state index in [4.69, 9.17) is 4.74 Å². The summed E-state index contributed by atoms with van der Waals surface area (Å²) >= 11 is 0. The van der Waals surface area contributed by atoms with Crippen molar-refractivity contribution >= 4 is 11.6 Å². The second kappa shape index (κ2) is 5.96. The third-order valence-corrected chi connectivity index (χ3v) is 3.46. The minimum Gasteiger partial charge on any atom is -0.377 e. The minimum atomic E-state index is -0.0312. The van der Waals surface area contributed by atoms with Crippen molar-refractivity contribution < 1.29 is 9.53 Å². The Labute approximate surface area is 108 Å². The molecule has 0 radical (unpaired) electrons. The molecule has 0 bridgehead atoms. The van der Waals surface area contributed by atoms with Crippen molar-refractivity contribution in [2.75, 3.05) is 11.9 Å². The molecule has 0 saturated carbocycles. The van der Waals surface area contributed by atoms with Crippen LogP contribution >= 0.6 is 0 Å². The highest BCUT2D eigenvalue weighted by molar-refractivity contribution is 5.93. The lowest BCUT2D eigenvalue weighted by Crippen LogP contribution is -2.37. The topological polar surface area (TPSA) is 51.2 Å². The van der Waals surface area contributed by atoms with Gasteiger partial charge in [0.25, 0.3) is 0 Å². The van der Waals surface area contributed by atoms with Crippen LogP contribution in [-0.2, 0) is 9.53 Å². The zero-order valence-corrected chi connectivity index (χ0v) is 11.0. The number of hydrogen-bond donors (Lipinski definition) is 1. The van der Waals surface area contributed by atoms with Gasteiger partial charge in [-0.25, -0.2) is 0 Å². The molecule has 1 aromatic heterocycles. The van der Waals surface area contributed by atoms with E-state index in [0.717, 1.165) is 37.1 Å². The van der Waals surface area contributed by atoms with Gasteiger partial charge in [-0.1, -0.05) is 6.92 Å². The van der Waals surface area contributed by atoms with Gasteiger partial charge in [-0.2, -0.15) is 0 Å². The Bertz CT molecular complexity index is 420. The van der Waals surface area contributed by atoms with Crippen molar-refractivity contribution in [3.63, 3.8) is 0 Å². The molecule has 1 saturated heterocycles. The Hall–Kier alpha value is -1.42. The van der Waals surface area contributed by atoms with Crippen LogP contribution in [-0.4, -0.2) is 23.6 Å². The Morgan fingerprint density at radius 3 is 3.17 bits per heavy atom. The predicted molar refractivity (Wildman–Crippen MR) is 70.4 cm³/mol. The Morgan fingerprint density at radius 1 is 1.61 bits per heavy atom. The van der Waals surface area contributed by atoms with E-state index in [0.29, 0.717) is 0 Å². The number of nitrogens with one attached hydrogen (secondary N) is 1. The average molecular weight is 248 g/mol. The first kappa shape index (κ1) is 13.0. The number of hydrogen-bond acceptors (Lipinski definition) is 3. The summed E-state index contributed by atoms with van der Waals surface area (Å²) < 4.78 is 5.66. The lowest BCUT2D eigenvalue weighted by atomic mass is 9.91. The molecule has 0 spiro atoms. The first-order valence-electron chi connectivity index (χ1n) is 6.55. The lowest BCUT2D eigenvalue weighted by Gasteiger charge is -2.30. The van der Waals surface area contributed by atoms with Gasteiger partial charge in [0.1, 0.15) is 0 Å². The molecule has 1 fully saturated rings. The van der Waals surface area contributed by atoms with Crippen molar-refractivity contribution in [3.8, 4) is 0 Å². The third-order valence-electron chi connectivity index (χ3n) is 3.46. The SMILES string of the molecule is CCC1OCCCC1C(=O)Nc1ccncc1C. The highest BCUT2D eigenvalue weighted by Gasteiger charge is 2.30. The molecule has 1 aromatic rings. The summed E-state index contributed by atoms with van der Waals surface area (Å²) in [6.07, 6.45) is 6.26. The molecule has 0 aliphatic carbocycles. The molecule has 4 nitrogen and oxygen atoms in total. The molecular weight excluding hydrogens is 228 g/mol. The molecule has 18 heavy (non-hydrogen) atoms. The maximum atomic E-state index is 12.3. The zero-order valence-electron chi connectivity index (χ0n) is 11.0. The molecule has 2 rings (SSSR count). The van der Waals surface area contributed by atoms with Crippen LogP contribution in [0.4, 0.5) is 5.69 Å². The number of carbonyl (C=O) groups is 1. The summed E-state index contributed by atoms with van der Waals surface area (Å²) in [5.41, 5.74) is 1.83. The third kappa shape index (κ3) is 2.88. The van der Waals surface area contributed by atoms with Crippen LogP contribution in [0.5, 0.6) is 0 Å². The molecule has 98 valence electrons. The Kier molecular flexibility index (Phi) is 4.31. The van der Waals surface area contributed by atoms with E-state index in [1.165, 1.54) is 0 Å². The quantitative estimate of drug-likeness (QED) is 0.894. The monoisotopic (exact) mass is 248 g/mol. The average Bonchev–Trinajstić information content (AvgIpc) is 2.41. The second-order valence-electron chi connectivity index (χ2n) is 4.75. The van der Waals surface area contributed by atoms with Crippen LogP contribution < -0.4 is 5.32 Å². The molecule has 1 aliphatic rings. The van der Waals surface area contributed by atoms with Crippen molar-refractivity contribution in [2.24, 2.45) is 5.92 Å². The fourth-order valence-corrected chi connectivity index (χ4v) is 2.38. The number of anilines is 1. The van der Waals surface area contributed by atoms with E-state index in [1.54, 1.807) is 12.4 Å². The van der Waals surface area contributed by atoms with Gasteiger partial charge < -0.3 is 10.1 Å². The second-order valence-corrected chi connectivity index (χ2v) is 4.75. The molecule has 0 aromatic carbocycles. The number of ether oxygens (including phenoxy) is 1. The van der Waals surface area contributed by atoms with E-state index >= 15 is 0 Å². The summed E-state index contributed by atoms with van der Waals surface area (Å²) in [7, 11) is 0. The van der Waals surface area contributed by atoms with Gasteiger partial charge >= 0.3 is 0 Å². The summed E-state index contributed by atoms with van der Waals surface area (Å²) in [6, 6.07) is 1.83. The van der Waals surface area contributed by atoms with E-state index in [-0.39, 0.29) is 17.9 Å². The van der Waals surface area contributed by atoms with Crippen molar-refractivity contribution in [2.45, 2.75) is 39.2 Å². The van der Waals surface area contributed by atoms with E-state index in [9.17, 15) is 4.79 Å². The van der Waals surface area contributed by atoms with Crippen LogP contribution in [0.25, 0.3) is 0 Å². The number of aromatic nitrogens is 1. The Balaban J connectivity index is 2.05. The van der Waals surface area contributed by atoms with Gasteiger partial charge in [-0.3, -0.25) is 9.78 Å². The molecule has 1 aliphatic heterocycles. The minimum absolute atomic E-state index is 0.0312. The summed E-state index contributed by atoms with van der Waals surface area (Å²) in [5.74, 6) is 0.0344. The number of nitrogens with zero attached hydrogens (tertiary/aromatic N) is 1. The van der Waals surface area contributed by atoms with Crippen molar-refractivity contribution in [1.29, 1.82) is 0 Å². The standard InChI is InChI=1S/C14H20N2O2/c1-3-13-11(5-4-8-18-13)14(17)16-12-6-7-15-9-10(12)2/h6-7,9,11,13H,3-5,8H2,1-2H3,(H,15,16,17). The van der Waals surface area contributed by atoms with E-state index < -0.39 is 0 Å². The van der Waals surface area contributed by atoms with E-state index in [1.807, 2.05) is 13.0 Å². The summed E-state index contributed by atoms with van der Waals surface area (Å²) in [6.45, 7) is 4.78. The van der Waals surface area contributed by atoms with Crippen molar-refractivity contribution in [3.05, 3.63) is 24.0 Å². The molecular formula is C14H20N2O2. The van der Waals surface area contributed by atoms with Gasteiger partial charge in [0.05, 0.1) is 12.0 Å². The van der Waals surface area contributed by atoms with Crippen LogP contribution in [0.1, 0.15) is 31.7 Å². The van der Waals surface area contributed by atoms with Crippen LogP contribution in [0.3, 0.4) is 0 Å². The molecule has 1 N–H and O–H groups in total. The normalized spacial score (nSPS) is 23.7. The van der Waals surface area contributed by atoms with Gasteiger partial charge in [-0.15, -0.1) is 0 Å². The maximum absolute atomic E-state index is 12.3. The fourth-order valence-electron chi connectivity index (χ4n) is 2.38. The van der Waals surface area contributed by atoms with Gasteiger partial charge in [-0.05, 0) is 37.8 Å². The first-order chi connectivity index (χ1) is 8.72. The van der Waals surface area contributed by atoms with Crippen LogP contribution in [0.2, 0.25) is 0 Å². The highest BCUT2D eigenvalue weighted by atomic mass is 16.5. The molecule has 4 heteroatoms.